The maximum absolute atomic E-state index is 12.1. The van der Waals surface area contributed by atoms with Gasteiger partial charge in [0.15, 0.2) is 5.69 Å². The second kappa shape index (κ2) is 8.05. The number of imidazole rings is 1. The monoisotopic (exact) mass is 382 g/mol. The minimum atomic E-state index is -1.13. The van der Waals surface area contributed by atoms with Gasteiger partial charge >= 0.3 is 5.97 Å². The van der Waals surface area contributed by atoms with E-state index in [-0.39, 0.29) is 17.4 Å². The number of hydrogen-bond donors (Lipinski definition) is 2. The topological polar surface area (TPSA) is 96.1 Å². The fourth-order valence-electron chi connectivity index (χ4n) is 2.49. The van der Waals surface area contributed by atoms with Crippen molar-refractivity contribution in [3.05, 3.63) is 65.0 Å². The van der Waals surface area contributed by atoms with E-state index in [2.05, 4.69) is 15.5 Å². The molecule has 0 fully saturated rings. The Morgan fingerprint density at radius 2 is 1.96 bits per heavy atom. The van der Waals surface area contributed by atoms with Crippen LogP contribution in [0.15, 0.2) is 52.6 Å². The number of carboxylic acids is 1. The van der Waals surface area contributed by atoms with Gasteiger partial charge in [0.1, 0.15) is 10.7 Å². The van der Waals surface area contributed by atoms with E-state index < -0.39 is 5.97 Å². The van der Waals surface area contributed by atoms with E-state index in [1.807, 2.05) is 50.2 Å². The molecule has 2 aromatic heterocycles. The summed E-state index contributed by atoms with van der Waals surface area (Å²) in [6.07, 6.45) is 1.56. The number of hydrogen-bond acceptors (Lipinski definition) is 5. The van der Waals surface area contributed by atoms with E-state index in [9.17, 15) is 14.7 Å². The van der Waals surface area contributed by atoms with Crippen LogP contribution in [0.1, 0.15) is 27.3 Å². The van der Waals surface area contributed by atoms with Crippen molar-refractivity contribution in [2.75, 3.05) is 5.75 Å². The molecule has 0 saturated carbocycles. The third-order valence-corrected chi connectivity index (χ3v) is 4.88. The number of benzene rings is 1. The summed E-state index contributed by atoms with van der Waals surface area (Å²) < 4.78 is 1.73. The van der Waals surface area contributed by atoms with Crippen LogP contribution in [-0.4, -0.2) is 38.3 Å². The average molecular weight is 382 g/mol. The molecule has 3 rings (SSSR count). The lowest BCUT2D eigenvalue weighted by atomic mass is 10.2. The summed E-state index contributed by atoms with van der Waals surface area (Å²) >= 11 is 1.12. The van der Waals surface area contributed by atoms with Gasteiger partial charge in [0.05, 0.1) is 12.0 Å². The highest BCUT2D eigenvalue weighted by Crippen LogP contribution is 2.25. The van der Waals surface area contributed by atoms with Crippen molar-refractivity contribution in [3.63, 3.8) is 0 Å². The zero-order valence-corrected chi connectivity index (χ0v) is 15.7. The Morgan fingerprint density at radius 3 is 2.67 bits per heavy atom. The lowest BCUT2D eigenvalue weighted by molar-refractivity contribution is -0.118. The number of pyridine rings is 1. The molecule has 0 bridgehead atoms. The molecule has 0 aliphatic heterocycles. The van der Waals surface area contributed by atoms with Gasteiger partial charge < -0.3 is 5.11 Å². The first-order valence-corrected chi connectivity index (χ1v) is 9.17. The molecule has 0 radical (unpaired) electrons. The third-order valence-electron chi connectivity index (χ3n) is 3.82. The van der Waals surface area contributed by atoms with Gasteiger partial charge in [0.2, 0.25) is 5.91 Å². The fraction of sp³-hybridized carbons (Fsp3) is 0.158. The van der Waals surface area contributed by atoms with Gasteiger partial charge in [0.25, 0.3) is 0 Å². The molecule has 0 spiro atoms. The molecule has 1 amide bonds. The number of thioether (sulfide) groups is 1. The molecule has 1 aromatic carbocycles. The van der Waals surface area contributed by atoms with Crippen LogP contribution in [0.2, 0.25) is 0 Å². The van der Waals surface area contributed by atoms with Crippen molar-refractivity contribution in [1.29, 1.82) is 0 Å². The predicted molar refractivity (Wildman–Crippen MR) is 105 cm³/mol. The maximum Gasteiger partial charge on any atom is 0.357 e. The van der Waals surface area contributed by atoms with Gasteiger partial charge in [-0.15, -0.1) is 0 Å². The van der Waals surface area contributed by atoms with E-state index >= 15 is 0 Å². The number of aromatic carboxylic acids is 1. The second-order valence-corrected chi connectivity index (χ2v) is 6.89. The maximum atomic E-state index is 12.1. The first-order chi connectivity index (χ1) is 13.0. The number of rotatable bonds is 6. The summed E-state index contributed by atoms with van der Waals surface area (Å²) in [4.78, 5) is 27.7. The number of nitrogens with zero attached hydrogens (tertiary/aromatic N) is 3. The number of amides is 1. The van der Waals surface area contributed by atoms with Gasteiger partial charge in [-0.3, -0.25) is 9.20 Å². The molecule has 3 aromatic rings. The molecule has 27 heavy (non-hydrogen) atoms. The highest BCUT2D eigenvalue weighted by Gasteiger charge is 2.20. The number of nitrogens with one attached hydrogen (secondary N) is 1. The van der Waals surface area contributed by atoms with Crippen LogP contribution in [0, 0.1) is 13.8 Å². The third kappa shape index (κ3) is 4.35. The lowest BCUT2D eigenvalue weighted by Crippen LogP contribution is -2.20. The van der Waals surface area contributed by atoms with Crippen molar-refractivity contribution in [2.45, 2.75) is 18.9 Å². The number of aromatic nitrogens is 2. The van der Waals surface area contributed by atoms with Crippen LogP contribution in [0.4, 0.5) is 0 Å². The number of carbonyl (C=O) groups excluding carboxylic acids is 1. The van der Waals surface area contributed by atoms with Crippen LogP contribution < -0.4 is 5.43 Å². The summed E-state index contributed by atoms with van der Waals surface area (Å²) in [5.74, 6) is -1.44. The Hall–Kier alpha value is -3.13. The predicted octanol–water partition coefficient (Wildman–Crippen LogP) is 2.89. The smallest absolute Gasteiger partial charge is 0.357 e. The van der Waals surface area contributed by atoms with Crippen molar-refractivity contribution in [2.24, 2.45) is 5.10 Å². The number of aryl methyl sites for hydroxylation is 2. The summed E-state index contributed by atoms with van der Waals surface area (Å²) in [6, 6.07) is 13.1. The van der Waals surface area contributed by atoms with E-state index in [0.717, 1.165) is 28.6 Å². The number of hydrazone groups is 1. The van der Waals surface area contributed by atoms with Gasteiger partial charge in [0, 0.05) is 5.69 Å². The Labute approximate surface area is 160 Å². The molecule has 0 atom stereocenters. The minimum Gasteiger partial charge on any atom is -0.476 e. The number of carbonyl (C=O) groups is 2. The van der Waals surface area contributed by atoms with Crippen molar-refractivity contribution in [3.8, 4) is 0 Å². The van der Waals surface area contributed by atoms with Crippen molar-refractivity contribution in [1.82, 2.24) is 14.8 Å². The molecule has 0 aliphatic carbocycles. The Balaban J connectivity index is 1.69. The average Bonchev–Trinajstić information content (AvgIpc) is 3.02. The number of carboxylic acid groups (broad SMARTS) is 1. The largest absolute Gasteiger partial charge is 0.476 e. The van der Waals surface area contributed by atoms with Gasteiger partial charge in [-0.05, 0) is 31.5 Å². The zero-order chi connectivity index (χ0) is 19.4. The van der Waals surface area contributed by atoms with Crippen molar-refractivity contribution >= 4 is 35.5 Å². The molecule has 0 saturated heterocycles. The van der Waals surface area contributed by atoms with E-state index in [0.29, 0.717) is 10.7 Å². The summed E-state index contributed by atoms with van der Waals surface area (Å²) in [5, 5.41) is 13.8. The molecule has 0 unspecified atom stereocenters. The first kappa shape index (κ1) is 18.7. The molecule has 0 aliphatic rings. The Bertz CT molecular complexity index is 1030. The first-order valence-electron chi connectivity index (χ1n) is 8.18. The molecular weight excluding hydrogens is 364 g/mol. The molecular formula is C19H18N4O3S. The minimum absolute atomic E-state index is 0.0215. The van der Waals surface area contributed by atoms with Crippen LogP contribution in [0.3, 0.4) is 0 Å². The fourth-order valence-corrected chi connectivity index (χ4v) is 3.46. The highest BCUT2D eigenvalue weighted by atomic mass is 32.2. The van der Waals surface area contributed by atoms with Gasteiger partial charge in [-0.2, -0.15) is 5.10 Å². The standard InChI is InChI=1S/C19H18N4O3S/c1-12-6-8-14(9-7-12)10-20-22-16(24)11-27-18-17(19(25)26)21-15-5-3-4-13(2)23(15)18/h3-10H,11H2,1-2H3,(H,22,24)(H,25,26)/b20-10+. The molecule has 138 valence electrons. The van der Waals surface area contributed by atoms with Crippen molar-refractivity contribution < 1.29 is 14.7 Å². The normalized spacial score (nSPS) is 11.2. The van der Waals surface area contributed by atoms with Crippen LogP contribution in [0.5, 0.6) is 0 Å². The molecule has 7 nitrogen and oxygen atoms in total. The van der Waals surface area contributed by atoms with Crippen LogP contribution in [-0.2, 0) is 4.79 Å². The number of fused-ring (bicyclic) bond motifs is 1. The molecule has 2 heterocycles. The van der Waals surface area contributed by atoms with Gasteiger partial charge in [-0.1, -0.05) is 47.7 Å². The summed E-state index contributed by atoms with van der Waals surface area (Å²) in [5.41, 5.74) is 5.78. The van der Waals surface area contributed by atoms with Crippen LogP contribution in [0.25, 0.3) is 5.65 Å². The molecule has 2 N–H and O–H groups in total. The van der Waals surface area contributed by atoms with E-state index in [1.165, 1.54) is 0 Å². The lowest BCUT2D eigenvalue weighted by Gasteiger charge is -2.05. The highest BCUT2D eigenvalue weighted by molar-refractivity contribution is 8.00. The van der Waals surface area contributed by atoms with E-state index in [4.69, 9.17) is 0 Å². The molecule has 8 heteroatoms. The Kier molecular flexibility index (Phi) is 5.56. The van der Waals surface area contributed by atoms with Crippen LogP contribution >= 0.6 is 11.8 Å². The quantitative estimate of drug-likeness (QED) is 0.388. The summed E-state index contributed by atoms with van der Waals surface area (Å²) in [6.45, 7) is 3.85. The zero-order valence-electron chi connectivity index (χ0n) is 14.8. The second-order valence-electron chi connectivity index (χ2n) is 5.92. The van der Waals surface area contributed by atoms with E-state index in [1.54, 1.807) is 16.7 Å². The van der Waals surface area contributed by atoms with Gasteiger partial charge in [-0.25, -0.2) is 15.2 Å². The summed E-state index contributed by atoms with van der Waals surface area (Å²) in [7, 11) is 0. The SMILES string of the molecule is Cc1ccc(/C=N/NC(=O)CSc2c(C(=O)O)nc3cccc(C)n23)cc1. The Morgan fingerprint density at radius 1 is 1.22 bits per heavy atom.